The molecular formula is C13H27N. The Labute approximate surface area is 90.0 Å². The molecule has 0 aliphatic heterocycles. The summed E-state index contributed by atoms with van der Waals surface area (Å²) in [6.07, 6.45) is 2.25. The Morgan fingerprint density at radius 2 is 1.64 bits per heavy atom. The predicted octanol–water partition coefficient (Wildman–Crippen LogP) is 3.76. The van der Waals surface area contributed by atoms with E-state index in [-0.39, 0.29) is 5.54 Å². The van der Waals surface area contributed by atoms with Crippen molar-refractivity contribution >= 4 is 0 Å². The van der Waals surface area contributed by atoms with Crippen LogP contribution in [-0.4, -0.2) is 12.1 Å². The average molecular weight is 197 g/mol. The molecule has 0 unspecified atom stereocenters. The van der Waals surface area contributed by atoms with Gasteiger partial charge in [0, 0.05) is 12.1 Å². The molecule has 0 aliphatic rings. The molecular weight excluding hydrogens is 170 g/mol. The Morgan fingerprint density at radius 3 is 2.00 bits per heavy atom. The first-order chi connectivity index (χ1) is 6.16. The molecule has 0 aliphatic carbocycles. The fourth-order valence-corrected chi connectivity index (χ4v) is 1.88. The largest absolute Gasteiger partial charge is 0.308 e. The zero-order valence-electron chi connectivity index (χ0n) is 10.8. The van der Waals surface area contributed by atoms with Crippen molar-refractivity contribution in [2.45, 2.75) is 59.9 Å². The minimum Gasteiger partial charge on any atom is -0.308 e. The Balaban J connectivity index is 4.01. The molecule has 0 rings (SSSR count). The lowest BCUT2D eigenvalue weighted by Crippen LogP contribution is -2.43. The van der Waals surface area contributed by atoms with Crippen molar-refractivity contribution in [1.82, 2.24) is 5.32 Å². The first kappa shape index (κ1) is 13.7. The highest BCUT2D eigenvalue weighted by molar-refractivity contribution is 4.98. The van der Waals surface area contributed by atoms with Gasteiger partial charge >= 0.3 is 0 Å². The summed E-state index contributed by atoms with van der Waals surface area (Å²) in [4.78, 5) is 0. The Bertz CT molecular complexity index is 184. The highest BCUT2D eigenvalue weighted by Gasteiger charge is 2.24. The van der Waals surface area contributed by atoms with E-state index in [1.54, 1.807) is 0 Å². The van der Waals surface area contributed by atoms with E-state index >= 15 is 0 Å². The smallest absolute Gasteiger partial charge is 0.0166 e. The van der Waals surface area contributed by atoms with Gasteiger partial charge in [0.15, 0.2) is 0 Å². The quantitative estimate of drug-likeness (QED) is 0.662. The van der Waals surface area contributed by atoms with Gasteiger partial charge < -0.3 is 5.32 Å². The highest BCUT2D eigenvalue weighted by Crippen LogP contribution is 2.26. The van der Waals surface area contributed by atoms with Crippen LogP contribution in [0.4, 0.5) is 0 Å². The molecule has 1 N–H and O–H groups in total. The number of rotatable bonds is 5. The zero-order valence-corrected chi connectivity index (χ0v) is 10.8. The summed E-state index contributed by atoms with van der Waals surface area (Å²) in [7, 11) is 0. The van der Waals surface area contributed by atoms with Crippen LogP contribution in [0.1, 0.15) is 54.4 Å². The Kier molecular flexibility index (Phi) is 4.87. The van der Waals surface area contributed by atoms with E-state index in [2.05, 4.69) is 53.4 Å². The van der Waals surface area contributed by atoms with Gasteiger partial charge in [-0.25, -0.2) is 0 Å². The molecule has 84 valence electrons. The molecule has 0 aromatic heterocycles. The predicted molar refractivity (Wildman–Crippen MR) is 65.6 cm³/mol. The first-order valence-electron chi connectivity index (χ1n) is 5.58. The van der Waals surface area contributed by atoms with E-state index in [9.17, 15) is 0 Å². The van der Waals surface area contributed by atoms with E-state index in [1.165, 1.54) is 12.0 Å². The molecule has 0 radical (unpaired) electrons. The highest BCUT2D eigenvalue weighted by atomic mass is 15.0. The molecule has 0 fully saturated rings. The van der Waals surface area contributed by atoms with Crippen LogP contribution in [0.5, 0.6) is 0 Å². The van der Waals surface area contributed by atoms with Crippen LogP contribution in [0.3, 0.4) is 0 Å². The summed E-state index contributed by atoms with van der Waals surface area (Å²) in [6.45, 7) is 18.5. The molecule has 0 saturated heterocycles. The third kappa shape index (κ3) is 7.14. The molecule has 0 atom stereocenters. The fourth-order valence-electron chi connectivity index (χ4n) is 1.88. The zero-order chi connectivity index (χ0) is 11.4. The lowest BCUT2D eigenvalue weighted by molar-refractivity contribution is 0.247. The summed E-state index contributed by atoms with van der Waals surface area (Å²) < 4.78 is 0. The van der Waals surface area contributed by atoms with Gasteiger partial charge in [0.2, 0.25) is 0 Å². The van der Waals surface area contributed by atoms with Crippen LogP contribution in [-0.2, 0) is 0 Å². The Hall–Kier alpha value is -0.300. The van der Waals surface area contributed by atoms with Gasteiger partial charge in [-0.1, -0.05) is 39.8 Å². The van der Waals surface area contributed by atoms with E-state index in [0.717, 1.165) is 13.0 Å². The monoisotopic (exact) mass is 197 g/mol. The second-order valence-electron chi connectivity index (χ2n) is 6.08. The SMILES string of the molecule is C=C(CC)CNC(C)(C)CC(C)(C)C. The van der Waals surface area contributed by atoms with Gasteiger partial charge in [0.05, 0.1) is 0 Å². The van der Waals surface area contributed by atoms with Crippen molar-refractivity contribution in [3.8, 4) is 0 Å². The van der Waals surface area contributed by atoms with Gasteiger partial charge in [-0.3, -0.25) is 0 Å². The number of hydrogen-bond donors (Lipinski definition) is 1. The Morgan fingerprint density at radius 1 is 1.14 bits per heavy atom. The average Bonchev–Trinajstić information content (AvgIpc) is 1.96. The van der Waals surface area contributed by atoms with Gasteiger partial charge in [-0.05, 0) is 32.1 Å². The van der Waals surface area contributed by atoms with Crippen molar-refractivity contribution in [1.29, 1.82) is 0 Å². The molecule has 0 bridgehead atoms. The van der Waals surface area contributed by atoms with Crippen LogP contribution >= 0.6 is 0 Å². The van der Waals surface area contributed by atoms with Crippen molar-refractivity contribution < 1.29 is 0 Å². The number of hydrogen-bond acceptors (Lipinski definition) is 1. The summed E-state index contributed by atoms with van der Waals surface area (Å²) in [5.74, 6) is 0. The van der Waals surface area contributed by atoms with Crippen LogP contribution in [0.15, 0.2) is 12.2 Å². The standard InChI is InChI=1S/C13H27N/c1-8-11(2)9-14-13(6,7)10-12(3,4)5/h14H,2,8-10H2,1,3-7H3. The maximum absolute atomic E-state index is 4.01. The molecule has 0 heterocycles. The maximum Gasteiger partial charge on any atom is 0.0166 e. The third-order valence-corrected chi connectivity index (χ3v) is 2.29. The lowest BCUT2D eigenvalue weighted by atomic mass is 9.82. The topological polar surface area (TPSA) is 12.0 Å². The van der Waals surface area contributed by atoms with E-state index in [4.69, 9.17) is 0 Å². The van der Waals surface area contributed by atoms with Crippen molar-refractivity contribution in [2.75, 3.05) is 6.54 Å². The minimum absolute atomic E-state index is 0.205. The summed E-state index contributed by atoms with van der Waals surface area (Å²) in [6, 6.07) is 0. The summed E-state index contributed by atoms with van der Waals surface area (Å²) in [5, 5.41) is 3.57. The van der Waals surface area contributed by atoms with Crippen LogP contribution in [0, 0.1) is 5.41 Å². The molecule has 14 heavy (non-hydrogen) atoms. The molecule has 1 nitrogen and oxygen atoms in total. The summed E-state index contributed by atoms with van der Waals surface area (Å²) in [5.41, 5.74) is 1.87. The molecule has 0 amide bonds. The molecule has 0 spiro atoms. The minimum atomic E-state index is 0.205. The molecule has 1 heteroatoms. The molecule has 0 saturated carbocycles. The van der Waals surface area contributed by atoms with Crippen molar-refractivity contribution in [3.05, 3.63) is 12.2 Å². The first-order valence-corrected chi connectivity index (χ1v) is 5.58. The molecule has 0 aromatic rings. The van der Waals surface area contributed by atoms with Gasteiger partial charge in [-0.15, -0.1) is 0 Å². The third-order valence-electron chi connectivity index (χ3n) is 2.29. The second-order valence-corrected chi connectivity index (χ2v) is 6.08. The van der Waals surface area contributed by atoms with Crippen molar-refractivity contribution in [2.24, 2.45) is 5.41 Å². The number of nitrogens with one attached hydrogen (secondary N) is 1. The van der Waals surface area contributed by atoms with E-state index in [1.807, 2.05) is 0 Å². The van der Waals surface area contributed by atoms with E-state index < -0.39 is 0 Å². The molecule has 0 aromatic carbocycles. The van der Waals surface area contributed by atoms with Crippen molar-refractivity contribution in [3.63, 3.8) is 0 Å². The van der Waals surface area contributed by atoms with Crippen LogP contribution in [0.25, 0.3) is 0 Å². The fraction of sp³-hybridized carbons (Fsp3) is 0.846. The summed E-state index contributed by atoms with van der Waals surface area (Å²) >= 11 is 0. The van der Waals surface area contributed by atoms with Crippen LogP contribution < -0.4 is 5.32 Å². The lowest BCUT2D eigenvalue weighted by Gasteiger charge is -2.33. The second kappa shape index (κ2) is 4.97. The maximum atomic E-state index is 4.01. The van der Waals surface area contributed by atoms with Gasteiger partial charge in [0.1, 0.15) is 0 Å². The van der Waals surface area contributed by atoms with E-state index in [0.29, 0.717) is 5.41 Å². The van der Waals surface area contributed by atoms with Gasteiger partial charge in [0.25, 0.3) is 0 Å². The van der Waals surface area contributed by atoms with Crippen LogP contribution in [0.2, 0.25) is 0 Å². The van der Waals surface area contributed by atoms with Gasteiger partial charge in [-0.2, -0.15) is 0 Å². The normalized spacial score (nSPS) is 13.0.